The molecule has 0 bridgehead atoms. The largest absolute Gasteiger partial charge is 0.498 e. The maximum atomic E-state index is 11.7. The molecule has 5 heteroatoms. The third kappa shape index (κ3) is 1.91. The van der Waals surface area contributed by atoms with Crippen molar-refractivity contribution in [3.63, 3.8) is 0 Å². The van der Waals surface area contributed by atoms with Gasteiger partial charge in [0.05, 0.1) is 17.4 Å². The molecule has 18 heavy (non-hydrogen) atoms. The maximum absolute atomic E-state index is 11.7. The van der Waals surface area contributed by atoms with Crippen molar-refractivity contribution in [2.24, 2.45) is 0 Å². The number of thiophene rings is 1. The molecule has 0 amide bonds. The number of aryl methyl sites for hydroxylation is 1. The van der Waals surface area contributed by atoms with Crippen molar-refractivity contribution in [3.05, 3.63) is 44.4 Å². The molecule has 2 rings (SSSR count). The summed E-state index contributed by atoms with van der Waals surface area (Å²) in [5.41, 5.74) is 2.05. The molecule has 0 atom stereocenters. The van der Waals surface area contributed by atoms with Gasteiger partial charge in [-0.3, -0.25) is 0 Å². The maximum Gasteiger partial charge on any atom is 0.339 e. The van der Waals surface area contributed by atoms with E-state index in [0.29, 0.717) is 17.5 Å². The Hall–Kier alpha value is -2.06. The number of hydrogen-bond donors (Lipinski definition) is 0. The summed E-state index contributed by atoms with van der Waals surface area (Å²) in [6, 6.07) is 6.07. The molecule has 0 aliphatic carbocycles. The zero-order valence-corrected chi connectivity index (χ0v) is 10.8. The Labute approximate surface area is 108 Å². The topological polar surface area (TPSA) is 53.7 Å². The molecule has 0 saturated heterocycles. The lowest BCUT2D eigenvalue weighted by Gasteiger charge is -2.06. The van der Waals surface area contributed by atoms with E-state index >= 15 is 0 Å². The fourth-order valence-electron chi connectivity index (χ4n) is 1.92. The molecule has 0 aliphatic heterocycles. The van der Waals surface area contributed by atoms with Gasteiger partial charge in [0.1, 0.15) is 5.56 Å². The first-order chi connectivity index (χ1) is 8.72. The summed E-state index contributed by atoms with van der Waals surface area (Å²) < 4.78 is 5.57. The van der Waals surface area contributed by atoms with Crippen molar-refractivity contribution in [2.45, 2.75) is 13.3 Å². The van der Waals surface area contributed by atoms with Gasteiger partial charge in [0.25, 0.3) is 0 Å². The predicted octanol–water partition coefficient (Wildman–Crippen LogP) is 3.43. The monoisotopic (exact) mass is 261 g/mol. The van der Waals surface area contributed by atoms with Gasteiger partial charge in [-0.05, 0) is 29.5 Å². The molecule has 1 heterocycles. The van der Waals surface area contributed by atoms with Gasteiger partial charge in [0.2, 0.25) is 0 Å². The van der Waals surface area contributed by atoms with Crippen LogP contribution in [0.15, 0.2) is 17.5 Å². The molecular formula is C13H11NO3S. The number of nitrogens with zero attached hydrogens (tertiary/aromatic N) is 1. The Kier molecular flexibility index (Phi) is 3.49. The standard InChI is InChI=1S/C13H11NO3S/c1-3-8-6-10(13(15)17-2)12-9(4-5-18-12)11(8)7-14-16/h4-6H,3H2,1-2H3. The van der Waals surface area contributed by atoms with Gasteiger partial charge in [0.15, 0.2) is 0 Å². The fraction of sp³-hybridized carbons (Fsp3) is 0.231. The molecular weight excluding hydrogens is 250 g/mol. The number of rotatable bonds is 2. The molecule has 4 nitrogen and oxygen atoms in total. The van der Waals surface area contributed by atoms with Crippen LogP contribution in [0.25, 0.3) is 15.1 Å². The number of carbonyl (C=O) groups excluding carboxylic acids is 1. The summed E-state index contributed by atoms with van der Waals surface area (Å²) in [7, 11) is 1.35. The number of esters is 1. The number of benzene rings is 1. The molecule has 0 spiro atoms. The number of carbonyl (C=O) groups is 1. The van der Waals surface area contributed by atoms with E-state index < -0.39 is 0 Å². The van der Waals surface area contributed by atoms with E-state index in [-0.39, 0.29) is 5.97 Å². The minimum Gasteiger partial charge on any atom is -0.498 e. The van der Waals surface area contributed by atoms with Crippen LogP contribution in [0.5, 0.6) is 0 Å². The lowest BCUT2D eigenvalue weighted by atomic mass is 9.99. The molecule has 0 N–H and O–H groups in total. The van der Waals surface area contributed by atoms with Crippen molar-refractivity contribution >= 4 is 27.4 Å². The van der Waals surface area contributed by atoms with Crippen LogP contribution in [-0.2, 0) is 11.2 Å². The highest BCUT2D eigenvalue weighted by atomic mass is 32.1. The second-order valence-corrected chi connectivity index (χ2v) is 4.59. The average molecular weight is 261 g/mol. The van der Waals surface area contributed by atoms with Crippen LogP contribution in [0.3, 0.4) is 0 Å². The van der Waals surface area contributed by atoms with Gasteiger partial charge < -0.3 is 9.94 Å². The molecule has 2 aromatic rings. The minimum absolute atomic E-state index is 0.372. The van der Waals surface area contributed by atoms with Gasteiger partial charge in [-0.2, -0.15) is 0 Å². The van der Waals surface area contributed by atoms with Gasteiger partial charge >= 0.3 is 12.0 Å². The van der Waals surface area contributed by atoms with Crippen molar-refractivity contribution in [3.8, 4) is 6.07 Å². The first-order valence-electron chi connectivity index (χ1n) is 5.42. The smallest absolute Gasteiger partial charge is 0.339 e. The Morgan fingerprint density at radius 1 is 1.61 bits per heavy atom. The lowest BCUT2D eigenvalue weighted by molar-refractivity contribution is 0.0603. The Bertz CT molecular complexity index is 664. The zero-order valence-electron chi connectivity index (χ0n) is 10.0. The van der Waals surface area contributed by atoms with E-state index in [4.69, 9.17) is 4.74 Å². The van der Waals surface area contributed by atoms with Crippen LogP contribution in [0.4, 0.5) is 0 Å². The number of ether oxygens (including phenoxy) is 1. The van der Waals surface area contributed by atoms with E-state index in [1.807, 2.05) is 18.4 Å². The Balaban J connectivity index is 2.82. The van der Waals surface area contributed by atoms with Crippen LogP contribution in [0, 0.1) is 11.3 Å². The summed E-state index contributed by atoms with van der Waals surface area (Å²) in [6.45, 7) is 1.95. The fourth-order valence-corrected chi connectivity index (χ4v) is 2.82. The summed E-state index contributed by atoms with van der Waals surface area (Å²) in [4.78, 5) is 11.7. The van der Waals surface area contributed by atoms with Gasteiger partial charge in [-0.25, -0.2) is 4.79 Å². The lowest BCUT2D eigenvalue weighted by Crippen LogP contribution is -2.03. The van der Waals surface area contributed by atoms with Crippen molar-refractivity contribution in [1.29, 1.82) is 0 Å². The molecule has 0 aliphatic rings. The van der Waals surface area contributed by atoms with Gasteiger partial charge in [0, 0.05) is 10.4 Å². The summed E-state index contributed by atoms with van der Waals surface area (Å²) in [6.07, 6.45) is 0.688. The van der Waals surface area contributed by atoms with Crippen LogP contribution < -0.4 is 0 Å². The molecule has 1 aromatic heterocycles. The quantitative estimate of drug-likeness (QED) is 0.614. The van der Waals surface area contributed by atoms with E-state index in [1.54, 1.807) is 6.07 Å². The highest BCUT2D eigenvalue weighted by Crippen LogP contribution is 2.31. The second-order valence-electron chi connectivity index (χ2n) is 3.67. The van der Waals surface area contributed by atoms with E-state index in [2.05, 4.69) is 11.1 Å². The molecule has 0 unspecified atom stereocenters. The third-order valence-electron chi connectivity index (χ3n) is 2.76. The normalized spacial score (nSPS) is 9.89. The Morgan fingerprint density at radius 3 is 3.00 bits per heavy atom. The second kappa shape index (κ2) is 5.07. The van der Waals surface area contributed by atoms with Crippen molar-refractivity contribution < 1.29 is 9.53 Å². The van der Waals surface area contributed by atoms with Crippen LogP contribution in [-0.4, -0.2) is 13.1 Å². The van der Waals surface area contributed by atoms with Gasteiger partial charge in [-0.15, -0.1) is 11.3 Å². The molecule has 0 fully saturated rings. The molecule has 0 radical (unpaired) electrons. The van der Waals surface area contributed by atoms with E-state index in [1.165, 1.54) is 18.4 Å². The highest BCUT2D eigenvalue weighted by molar-refractivity contribution is 7.17. The molecule has 0 saturated carbocycles. The minimum atomic E-state index is -0.372. The first-order valence-corrected chi connectivity index (χ1v) is 6.30. The van der Waals surface area contributed by atoms with Crippen molar-refractivity contribution in [2.75, 3.05) is 7.11 Å². The summed E-state index contributed by atoms with van der Waals surface area (Å²) >= 11 is 1.43. The summed E-state index contributed by atoms with van der Waals surface area (Å²) in [5, 5.41) is 15.8. The van der Waals surface area contributed by atoms with Gasteiger partial charge in [-0.1, -0.05) is 6.92 Å². The number of hydrogen-bond acceptors (Lipinski definition) is 4. The van der Waals surface area contributed by atoms with Crippen LogP contribution in [0.1, 0.15) is 28.4 Å². The van der Waals surface area contributed by atoms with Crippen molar-refractivity contribution in [1.82, 2.24) is 0 Å². The first kappa shape index (κ1) is 12.4. The van der Waals surface area contributed by atoms with E-state index in [0.717, 1.165) is 15.6 Å². The third-order valence-corrected chi connectivity index (χ3v) is 3.71. The highest BCUT2D eigenvalue weighted by Gasteiger charge is 2.18. The SMILES string of the molecule is CCc1cc(C(=O)OC)c2sccc2c1C#[N+][O-]. The molecule has 1 aromatic carbocycles. The zero-order chi connectivity index (χ0) is 13.1. The van der Waals surface area contributed by atoms with E-state index in [9.17, 15) is 10.0 Å². The summed E-state index contributed by atoms with van der Waals surface area (Å²) in [5.74, 6) is -0.372. The molecule has 92 valence electrons. The Morgan fingerprint density at radius 2 is 2.39 bits per heavy atom. The number of methoxy groups -OCH3 is 1. The van der Waals surface area contributed by atoms with Crippen LogP contribution in [0.2, 0.25) is 0 Å². The predicted molar refractivity (Wildman–Crippen MR) is 72.3 cm³/mol. The van der Waals surface area contributed by atoms with Crippen LogP contribution >= 0.6 is 11.3 Å². The average Bonchev–Trinajstić information content (AvgIpc) is 2.87. The number of fused-ring (bicyclic) bond motifs is 1.